The first-order chi connectivity index (χ1) is 12.7. The van der Waals surface area contributed by atoms with Gasteiger partial charge in [-0.1, -0.05) is 12.1 Å². The Bertz CT molecular complexity index is 994. The summed E-state index contributed by atoms with van der Waals surface area (Å²) >= 11 is 5.30. The maximum absolute atomic E-state index is 5.39. The van der Waals surface area contributed by atoms with E-state index in [1.54, 1.807) is 38.3 Å². The van der Waals surface area contributed by atoms with Gasteiger partial charge < -0.3 is 14.2 Å². The van der Waals surface area contributed by atoms with Crippen LogP contribution in [0.4, 0.5) is 0 Å². The standard InChI is InChI=1S/C18H18N4O3S/c1-23-14-6-4-5-12(9-14)17-20-21-18(26)22(17)19-11-13-7-8-15(24-2)10-16(13)25-3/h4-11H,1-3H3,(H,21,26). The van der Waals surface area contributed by atoms with Gasteiger partial charge in [0.25, 0.3) is 0 Å². The molecule has 7 nitrogen and oxygen atoms in total. The first kappa shape index (κ1) is 17.7. The largest absolute Gasteiger partial charge is 0.497 e. The highest BCUT2D eigenvalue weighted by Crippen LogP contribution is 2.24. The van der Waals surface area contributed by atoms with Crippen LogP contribution < -0.4 is 14.2 Å². The van der Waals surface area contributed by atoms with Gasteiger partial charge in [0, 0.05) is 17.2 Å². The van der Waals surface area contributed by atoms with Gasteiger partial charge in [-0.05, 0) is 36.5 Å². The number of nitrogens with one attached hydrogen (secondary N) is 1. The quantitative estimate of drug-likeness (QED) is 0.531. The Morgan fingerprint density at radius 3 is 2.54 bits per heavy atom. The molecule has 0 aliphatic carbocycles. The van der Waals surface area contributed by atoms with E-state index >= 15 is 0 Å². The molecule has 3 aromatic rings. The molecule has 0 amide bonds. The smallest absolute Gasteiger partial charge is 0.216 e. The van der Waals surface area contributed by atoms with Crippen molar-refractivity contribution in [2.45, 2.75) is 0 Å². The Balaban J connectivity index is 2.00. The summed E-state index contributed by atoms with van der Waals surface area (Å²) in [6.45, 7) is 0. The van der Waals surface area contributed by atoms with E-state index < -0.39 is 0 Å². The third-order valence-corrected chi connectivity index (χ3v) is 4.00. The molecule has 1 N–H and O–H groups in total. The minimum Gasteiger partial charge on any atom is -0.497 e. The van der Waals surface area contributed by atoms with Crippen LogP contribution in [0.1, 0.15) is 5.56 Å². The molecule has 134 valence electrons. The molecule has 26 heavy (non-hydrogen) atoms. The Morgan fingerprint density at radius 1 is 1.04 bits per heavy atom. The van der Waals surface area contributed by atoms with E-state index in [0.717, 1.165) is 16.9 Å². The highest BCUT2D eigenvalue weighted by molar-refractivity contribution is 7.71. The monoisotopic (exact) mass is 370 g/mol. The first-order valence-corrected chi connectivity index (χ1v) is 8.15. The summed E-state index contributed by atoms with van der Waals surface area (Å²) in [6, 6.07) is 13.0. The average Bonchev–Trinajstić information content (AvgIpc) is 3.06. The van der Waals surface area contributed by atoms with E-state index in [1.807, 2.05) is 36.4 Å². The second kappa shape index (κ2) is 7.83. The number of aromatic nitrogens is 3. The van der Waals surface area contributed by atoms with Gasteiger partial charge in [0.1, 0.15) is 17.2 Å². The zero-order valence-electron chi connectivity index (χ0n) is 14.6. The van der Waals surface area contributed by atoms with Gasteiger partial charge >= 0.3 is 0 Å². The molecule has 0 saturated carbocycles. The van der Waals surface area contributed by atoms with Crippen LogP contribution in [0.2, 0.25) is 0 Å². The molecule has 0 atom stereocenters. The van der Waals surface area contributed by atoms with Crippen molar-refractivity contribution in [3.63, 3.8) is 0 Å². The Labute approximate surface area is 155 Å². The van der Waals surface area contributed by atoms with E-state index in [0.29, 0.717) is 22.1 Å². The van der Waals surface area contributed by atoms with Gasteiger partial charge in [-0.3, -0.25) is 0 Å². The highest BCUT2D eigenvalue weighted by atomic mass is 32.1. The van der Waals surface area contributed by atoms with Gasteiger partial charge in [-0.15, -0.1) is 0 Å². The zero-order valence-corrected chi connectivity index (χ0v) is 15.4. The predicted molar refractivity (Wildman–Crippen MR) is 102 cm³/mol. The lowest BCUT2D eigenvalue weighted by atomic mass is 10.2. The van der Waals surface area contributed by atoms with Crippen LogP contribution in [0, 0.1) is 4.77 Å². The van der Waals surface area contributed by atoms with Gasteiger partial charge in [0.15, 0.2) is 5.82 Å². The molecule has 1 aromatic heterocycles. The summed E-state index contributed by atoms with van der Waals surface area (Å²) in [5.74, 6) is 2.66. The number of hydrogen-bond acceptors (Lipinski definition) is 6. The number of hydrogen-bond donors (Lipinski definition) is 1. The number of ether oxygens (including phenoxy) is 3. The van der Waals surface area contributed by atoms with E-state index in [2.05, 4.69) is 15.3 Å². The van der Waals surface area contributed by atoms with Crippen LogP contribution >= 0.6 is 12.2 Å². The molecule has 0 aliphatic rings. The molecule has 0 spiro atoms. The SMILES string of the molecule is COc1cccc(-c2n[nH]c(=S)n2N=Cc2ccc(OC)cc2OC)c1. The molecule has 0 aliphatic heterocycles. The van der Waals surface area contributed by atoms with Crippen LogP contribution in [-0.4, -0.2) is 42.4 Å². The van der Waals surface area contributed by atoms with E-state index in [1.165, 1.54) is 0 Å². The summed E-state index contributed by atoms with van der Waals surface area (Å²) in [5, 5.41) is 11.5. The van der Waals surface area contributed by atoms with Crippen LogP contribution in [0.15, 0.2) is 47.6 Å². The second-order valence-corrected chi connectivity index (χ2v) is 5.64. The fraction of sp³-hybridized carbons (Fsp3) is 0.167. The van der Waals surface area contributed by atoms with Crippen LogP contribution in [0.3, 0.4) is 0 Å². The van der Waals surface area contributed by atoms with E-state index in [-0.39, 0.29) is 0 Å². The van der Waals surface area contributed by atoms with Crippen molar-refractivity contribution in [2.75, 3.05) is 21.3 Å². The fourth-order valence-corrected chi connectivity index (χ4v) is 2.57. The topological polar surface area (TPSA) is 73.7 Å². The Morgan fingerprint density at radius 2 is 1.81 bits per heavy atom. The lowest BCUT2D eigenvalue weighted by Crippen LogP contribution is -1.97. The van der Waals surface area contributed by atoms with Gasteiger partial charge in [-0.25, -0.2) is 5.10 Å². The van der Waals surface area contributed by atoms with Crippen molar-refractivity contribution in [2.24, 2.45) is 5.10 Å². The summed E-state index contributed by atoms with van der Waals surface area (Å²) in [5.41, 5.74) is 1.61. The summed E-state index contributed by atoms with van der Waals surface area (Å²) in [6.07, 6.45) is 1.66. The number of aromatic amines is 1. The summed E-state index contributed by atoms with van der Waals surface area (Å²) in [7, 11) is 4.81. The number of nitrogens with zero attached hydrogens (tertiary/aromatic N) is 3. The van der Waals surface area contributed by atoms with Crippen molar-refractivity contribution >= 4 is 18.4 Å². The maximum Gasteiger partial charge on any atom is 0.216 e. The van der Waals surface area contributed by atoms with Crippen LogP contribution in [0.25, 0.3) is 11.4 Å². The third-order valence-electron chi connectivity index (χ3n) is 3.73. The van der Waals surface area contributed by atoms with E-state index in [9.17, 15) is 0 Å². The minimum absolute atomic E-state index is 0.381. The Hall–Kier alpha value is -3.13. The van der Waals surface area contributed by atoms with Gasteiger partial charge in [0.05, 0.1) is 27.5 Å². The van der Waals surface area contributed by atoms with E-state index in [4.69, 9.17) is 26.4 Å². The molecule has 0 unspecified atom stereocenters. The molecule has 0 saturated heterocycles. The molecule has 0 bridgehead atoms. The number of benzene rings is 2. The van der Waals surface area contributed by atoms with Crippen molar-refractivity contribution in [1.82, 2.24) is 14.9 Å². The van der Waals surface area contributed by atoms with Gasteiger partial charge in [-0.2, -0.15) is 14.9 Å². The van der Waals surface area contributed by atoms with Crippen molar-refractivity contribution < 1.29 is 14.2 Å². The lowest BCUT2D eigenvalue weighted by Gasteiger charge is -2.07. The zero-order chi connectivity index (χ0) is 18.5. The van der Waals surface area contributed by atoms with Crippen molar-refractivity contribution in [3.05, 3.63) is 52.8 Å². The normalized spacial score (nSPS) is 10.9. The third kappa shape index (κ3) is 3.60. The Kier molecular flexibility index (Phi) is 5.33. The molecule has 3 rings (SSSR count). The molecule has 0 fully saturated rings. The van der Waals surface area contributed by atoms with Crippen LogP contribution in [-0.2, 0) is 0 Å². The molecular weight excluding hydrogens is 352 g/mol. The first-order valence-electron chi connectivity index (χ1n) is 7.74. The lowest BCUT2D eigenvalue weighted by molar-refractivity contribution is 0.394. The molecular formula is C18H18N4O3S. The summed E-state index contributed by atoms with van der Waals surface area (Å²) in [4.78, 5) is 0. The molecule has 2 aromatic carbocycles. The molecule has 1 heterocycles. The number of methoxy groups -OCH3 is 3. The molecule has 0 radical (unpaired) electrons. The van der Waals surface area contributed by atoms with Crippen LogP contribution in [0.5, 0.6) is 17.2 Å². The maximum atomic E-state index is 5.39. The average molecular weight is 370 g/mol. The highest BCUT2D eigenvalue weighted by Gasteiger charge is 2.10. The fourth-order valence-electron chi connectivity index (χ4n) is 2.39. The minimum atomic E-state index is 0.381. The van der Waals surface area contributed by atoms with Gasteiger partial charge in [0.2, 0.25) is 4.77 Å². The van der Waals surface area contributed by atoms with Crippen molar-refractivity contribution in [3.8, 4) is 28.6 Å². The number of H-pyrrole nitrogens is 1. The summed E-state index contributed by atoms with van der Waals surface area (Å²) < 4.78 is 17.8. The number of rotatable bonds is 6. The predicted octanol–water partition coefficient (Wildman–Crippen LogP) is 3.52. The molecule has 8 heteroatoms. The van der Waals surface area contributed by atoms with Crippen molar-refractivity contribution in [1.29, 1.82) is 0 Å². The second-order valence-electron chi connectivity index (χ2n) is 5.25.